The zero-order valence-electron chi connectivity index (χ0n) is 16.9. The molecular formula is C22H25N3O3S. The Labute approximate surface area is 174 Å². The first kappa shape index (κ1) is 19.8. The molecule has 0 bridgehead atoms. The molecule has 0 radical (unpaired) electrons. The lowest BCUT2D eigenvalue weighted by molar-refractivity contribution is -0.119. The predicted octanol–water partition coefficient (Wildman–Crippen LogP) is 4.55. The van der Waals surface area contributed by atoms with E-state index in [9.17, 15) is 9.59 Å². The summed E-state index contributed by atoms with van der Waals surface area (Å²) >= 11 is 1.63. The van der Waals surface area contributed by atoms with E-state index < -0.39 is 5.60 Å². The fourth-order valence-corrected chi connectivity index (χ4v) is 4.56. The Morgan fingerprint density at radius 2 is 2.00 bits per heavy atom. The normalized spacial score (nSPS) is 17.6. The van der Waals surface area contributed by atoms with Crippen LogP contribution < -0.4 is 0 Å². The van der Waals surface area contributed by atoms with Gasteiger partial charge in [0.2, 0.25) is 0 Å². The third-order valence-corrected chi connectivity index (χ3v) is 6.01. The zero-order valence-corrected chi connectivity index (χ0v) is 17.7. The number of hydrogen-bond donors (Lipinski definition) is 0. The molecule has 1 saturated heterocycles. The molecule has 29 heavy (non-hydrogen) atoms. The van der Waals surface area contributed by atoms with Crippen molar-refractivity contribution in [2.75, 3.05) is 13.1 Å². The fraction of sp³-hybridized carbons (Fsp3) is 0.409. The van der Waals surface area contributed by atoms with Gasteiger partial charge in [0.25, 0.3) is 0 Å². The van der Waals surface area contributed by atoms with E-state index in [-0.39, 0.29) is 17.8 Å². The SMILES string of the molecule is CC(C)(C)OC(=O)N1CCC(C(=O)/C=C/C2=Cc3cnc4cccc(n34)S2)CC1. The second-order valence-corrected chi connectivity index (χ2v) is 9.46. The van der Waals surface area contributed by atoms with Crippen molar-refractivity contribution in [2.45, 2.75) is 44.2 Å². The summed E-state index contributed by atoms with van der Waals surface area (Å²) < 4.78 is 7.52. The van der Waals surface area contributed by atoms with Crippen molar-refractivity contribution < 1.29 is 14.3 Å². The summed E-state index contributed by atoms with van der Waals surface area (Å²) in [5.74, 6) is 0.0701. The number of thioether (sulfide) groups is 1. The highest BCUT2D eigenvalue weighted by atomic mass is 32.2. The van der Waals surface area contributed by atoms with Gasteiger partial charge in [-0.25, -0.2) is 9.78 Å². The number of likely N-dealkylation sites (tertiary alicyclic amines) is 1. The number of piperidine rings is 1. The highest BCUT2D eigenvalue weighted by Gasteiger charge is 2.29. The minimum absolute atomic E-state index is 0.0481. The van der Waals surface area contributed by atoms with Crippen molar-refractivity contribution in [2.24, 2.45) is 5.92 Å². The third kappa shape index (κ3) is 4.40. The van der Waals surface area contributed by atoms with Gasteiger partial charge >= 0.3 is 6.09 Å². The quantitative estimate of drug-likeness (QED) is 0.693. The van der Waals surface area contributed by atoms with Crippen LogP contribution in [-0.2, 0) is 9.53 Å². The number of imidazole rings is 1. The van der Waals surface area contributed by atoms with Gasteiger partial charge in [-0.2, -0.15) is 0 Å². The van der Waals surface area contributed by atoms with Crippen LogP contribution in [0.2, 0.25) is 0 Å². The first-order valence-corrected chi connectivity index (χ1v) is 10.7. The van der Waals surface area contributed by atoms with Gasteiger partial charge in [0.05, 0.1) is 16.9 Å². The van der Waals surface area contributed by atoms with E-state index in [4.69, 9.17) is 4.74 Å². The van der Waals surface area contributed by atoms with Crippen LogP contribution in [0.4, 0.5) is 4.79 Å². The summed E-state index contributed by atoms with van der Waals surface area (Å²) in [6, 6.07) is 6.03. The first-order valence-electron chi connectivity index (χ1n) is 9.86. The molecule has 2 aromatic heterocycles. The van der Waals surface area contributed by atoms with Gasteiger partial charge in [-0.05, 0) is 64.0 Å². The molecular weight excluding hydrogens is 386 g/mol. The maximum absolute atomic E-state index is 12.7. The number of pyridine rings is 1. The van der Waals surface area contributed by atoms with Gasteiger partial charge < -0.3 is 9.64 Å². The van der Waals surface area contributed by atoms with Gasteiger partial charge in [0.15, 0.2) is 5.78 Å². The van der Waals surface area contributed by atoms with Crippen molar-refractivity contribution in [1.29, 1.82) is 0 Å². The predicted molar refractivity (Wildman–Crippen MR) is 114 cm³/mol. The standard InChI is InChI=1S/C22H25N3O3S/c1-22(2,3)28-21(27)24-11-9-15(10-12-24)18(26)8-7-17-13-16-14-23-19-5-4-6-20(29-17)25(16)19/h4-8,13-15H,9-12H2,1-3H3/b8-7+. The summed E-state index contributed by atoms with van der Waals surface area (Å²) in [5.41, 5.74) is 1.45. The third-order valence-electron chi connectivity index (χ3n) is 4.99. The Bertz CT molecular complexity index is 1010. The maximum Gasteiger partial charge on any atom is 0.410 e. The molecule has 0 atom stereocenters. The zero-order chi connectivity index (χ0) is 20.6. The highest BCUT2D eigenvalue weighted by Crippen LogP contribution is 2.35. The van der Waals surface area contributed by atoms with E-state index in [0.717, 1.165) is 21.3 Å². The molecule has 0 saturated carbocycles. The number of allylic oxidation sites excluding steroid dienone is 2. The minimum Gasteiger partial charge on any atom is -0.444 e. The molecule has 152 valence electrons. The summed E-state index contributed by atoms with van der Waals surface area (Å²) in [6.45, 7) is 6.68. The van der Waals surface area contributed by atoms with Gasteiger partial charge in [0, 0.05) is 23.9 Å². The number of nitrogens with zero attached hydrogens (tertiary/aromatic N) is 3. The molecule has 0 unspecified atom stereocenters. The molecule has 1 amide bonds. The molecule has 1 fully saturated rings. The van der Waals surface area contributed by atoms with Crippen LogP contribution in [0.5, 0.6) is 0 Å². The second-order valence-electron chi connectivity index (χ2n) is 8.37. The number of aromatic nitrogens is 2. The van der Waals surface area contributed by atoms with Crippen LogP contribution in [0.3, 0.4) is 0 Å². The molecule has 2 aliphatic heterocycles. The molecule has 2 aromatic rings. The van der Waals surface area contributed by atoms with Crippen LogP contribution in [0.25, 0.3) is 11.7 Å². The van der Waals surface area contributed by atoms with Crippen molar-refractivity contribution in [3.63, 3.8) is 0 Å². The Morgan fingerprint density at radius 3 is 2.72 bits per heavy atom. The lowest BCUT2D eigenvalue weighted by Gasteiger charge is -2.32. The summed E-state index contributed by atoms with van der Waals surface area (Å²) in [5, 5.41) is 1.09. The van der Waals surface area contributed by atoms with E-state index in [1.807, 2.05) is 51.3 Å². The number of carbonyl (C=O) groups is 2. The number of ketones is 1. The maximum atomic E-state index is 12.7. The first-order chi connectivity index (χ1) is 13.8. The van der Waals surface area contributed by atoms with E-state index in [2.05, 4.69) is 15.5 Å². The van der Waals surface area contributed by atoms with Crippen LogP contribution in [0, 0.1) is 5.92 Å². The largest absolute Gasteiger partial charge is 0.444 e. The van der Waals surface area contributed by atoms with Crippen LogP contribution >= 0.6 is 11.8 Å². The summed E-state index contributed by atoms with van der Waals surface area (Å²) in [4.78, 5) is 31.9. The number of amides is 1. The Balaban J connectivity index is 1.35. The fourth-order valence-electron chi connectivity index (χ4n) is 3.56. The molecule has 0 N–H and O–H groups in total. The topological polar surface area (TPSA) is 63.9 Å². The van der Waals surface area contributed by atoms with Crippen molar-refractivity contribution in [3.8, 4) is 0 Å². The van der Waals surface area contributed by atoms with Crippen molar-refractivity contribution >= 4 is 35.4 Å². The van der Waals surface area contributed by atoms with E-state index in [1.165, 1.54) is 0 Å². The Hall–Kier alpha value is -2.54. The number of hydrogen-bond acceptors (Lipinski definition) is 5. The van der Waals surface area contributed by atoms with Crippen molar-refractivity contribution in [3.05, 3.63) is 47.1 Å². The Kier molecular flexibility index (Phi) is 5.25. The van der Waals surface area contributed by atoms with E-state index >= 15 is 0 Å². The monoisotopic (exact) mass is 411 g/mol. The molecule has 0 spiro atoms. The molecule has 6 nitrogen and oxygen atoms in total. The van der Waals surface area contributed by atoms with Crippen LogP contribution in [0.1, 0.15) is 39.3 Å². The van der Waals surface area contributed by atoms with E-state index in [0.29, 0.717) is 25.9 Å². The number of rotatable bonds is 3. The van der Waals surface area contributed by atoms with Crippen LogP contribution in [-0.4, -0.2) is 44.9 Å². The van der Waals surface area contributed by atoms with Gasteiger partial charge in [-0.3, -0.25) is 9.20 Å². The summed E-state index contributed by atoms with van der Waals surface area (Å²) in [6.07, 6.45) is 8.50. The molecule has 0 aromatic carbocycles. The Morgan fingerprint density at radius 1 is 1.24 bits per heavy atom. The van der Waals surface area contributed by atoms with Gasteiger partial charge in [-0.15, -0.1) is 0 Å². The minimum atomic E-state index is -0.502. The average Bonchev–Trinajstić information content (AvgIpc) is 3.09. The van der Waals surface area contributed by atoms with E-state index in [1.54, 1.807) is 22.7 Å². The lowest BCUT2D eigenvalue weighted by atomic mass is 9.92. The van der Waals surface area contributed by atoms with Crippen molar-refractivity contribution in [1.82, 2.24) is 14.3 Å². The van der Waals surface area contributed by atoms with Crippen LogP contribution in [0.15, 0.2) is 46.5 Å². The molecule has 4 heterocycles. The van der Waals surface area contributed by atoms with Gasteiger partial charge in [0.1, 0.15) is 11.2 Å². The smallest absolute Gasteiger partial charge is 0.410 e. The average molecular weight is 412 g/mol. The molecule has 0 aliphatic carbocycles. The molecule has 7 heteroatoms. The number of ether oxygens (including phenoxy) is 1. The lowest BCUT2D eigenvalue weighted by Crippen LogP contribution is -2.42. The second kappa shape index (κ2) is 7.71. The summed E-state index contributed by atoms with van der Waals surface area (Å²) in [7, 11) is 0. The molecule has 4 rings (SSSR count). The molecule has 2 aliphatic rings. The highest BCUT2D eigenvalue weighted by molar-refractivity contribution is 8.03. The van der Waals surface area contributed by atoms with Gasteiger partial charge in [-0.1, -0.05) is 17.8 Å². The number of carbonyl (C=O) groups excluding carboxylic acids is 2.